The molecule has 0 bridgehead atoms. The number of hydrogen-bond donors (Lipinski definition) is 1. The number of aryl methyl sites for hydroxylation is 1. The molecule has 6 nitrogen and oxygen atoms in total. The maximum Gasteiger partial charge on any atom is 0.490 e. The molecule has 1 N–H and O–H groups in total. The minimum absolute atomic E-state index is 0.0155. The zero-order valence-electron chi connectivity index (χ0n) is 18.7. The third-order valence-corrected chi connectivity index (χ3v) is 8.31. The van der Waals surface area contributed by atoms with E-state index in [-0.39, 0.29) is 23.0 Å². The molecule has 2 fully saturated rings. The summed E-state index contributed by atoms with van der Waals surface area (Å²) < 4.78 is 63.2. The topological polar surface area (TPSA) is 83.9 Å². The zero-order valence-corrected chi connectivity index (χ0v) is 19.6. The van der Waals surface area contributed by atoms with Crippen molar-refractivity contribution >= 4 is 15.8 Å². The van der Waals surface area contributed by atoms with Crippen molar-refractivity contribution in [3.8, 4) is 0 Å². The number of nitrogens with zero attached hydrogens (tertiary/aromatic N) is 1. The molecule has 2 aromatic rings. The molecule has 2 aliphatic heterocycles. The van der Waals surface area contributed by atoms with Crippen molar-refractivity contribution in [1.82, 2.24) is 4.90 Å². The second-order valence-electron chi connectivity index (χ2n) is 8.68. The molecular formula is C24H28F3NO5S. The quantitative estimate of drug-likeness (QED) is 0.673. The number of carbonyl (C=O) groups is 1. The van der Waals surface area contributed by atoms with Crippen LogP contribution >= 0.6 is 0 Å². The number of benzene rings is 2. The van der Waals surface area contributed by atoms with E-state index in [1.54, 1.807) is 0 Å². The average Bonchev–Trinajstić information content (AvgIpc) is 3.21. The van der Waals surface area contributed by atoms with Crippen LogP contribution in [0.1, 0.15) is 23.1 Å². The van der Waals surface area contributed by atoms with Crippen LogP contribution in [-0.2, 0) is 32.5 Å². The van der Waals surface area contributed by atoms with E-state index in [1.807, 2.05) is 18.2 Å². The number of ether oxygens (including phenoxy) is 1. The lowest BCUT2D eigenvalue weighted by molar-refractivity contribution is -0.192. The highest BCUT2D eigenvalue weighted by molar-refractivity contribution is 7.92. The van der Waals surface area contributed by atoms with E-state index < -0.39 is 22.0 Å². The number of rotatable bonds is 5. The molecule has 2 heterocycles. The third-order valence-electron chi connectivity index (χ3n) is 6.09. The average molecular weight is 500 g/mol. The number of halogens is 3. The van der Waals surface area contributed by atoms with E-state index in [0.717, 1.165) is 18.7 Å². The lowest BCUT2D eigenvalue weighted by atomic mass is 9.98. The first kappa shape index (κ1) is 26.2. The lowest BCUT2D eigenvalue weighted by Gasteiger charge is -2.32. The zero-order chi connectivity index (χ0) is 24.9. The van der Waals surface area contributed by atoms with Gasteiger partial charge in [-0.05, 0) is 24.5 Å². The molecule has 2 aliphatic rings. The van der Waals surface area contributed by atoms with Gasteiger partial charge in [-0.25, -0.2) is 13.2 Å². The minimum atomic E-state index is -5.08. The molecule has 0 radical (unpaired) electrons. The summed E-state index contributed by atoms with van der Waals surface area (Å²) in [5.74, 6) is -2.45. The highest BCUT2D eigenvalue weighted by Crippen LogP contribution is 2.35. The second-order valence-corrected chi connectivity index (χ2v) is 11.0. The third kappa shape index (κ3) is 7.04. The summed E-state index contributed by atoms with van der Waals surface area (Å²) >= 11 is 0. The van der Waals surface area contributed by atoms with E-state index in [2.05, 4.69) is 48.2 Å². The van der Waals surface area contributed by atoms with Crippen molar-refractivity contribution in [3.63, 3.8) is 0 Å². The van der Waals surface area contributed by atoms with Gasteiger partial charge in [-0.1, -0.05) is 60.2 Å². The van der Waals surface area contributed by atoms with Gasteiger partial charge >= 0.3 is 12.1 Å². The number of fused-ring (bicyclic) bond motifs is 1. The van der Waals surface area contributed by atoms with Crippen LogP contribution in [0.25, 0.3) is 0 Å². The summed E-state index contributed by atoms with van der Waals surface area (Å²) in [6.07, 6.45) is -4.46. The first-order chi connectivity index (χ1) is 16.0. The number of likely N-dealkylation sites (tertiary alicyclic amines) is 1. The van der Waals surface area contributed by atoms with Crippen molar-refractivity contribution in [1.29, 1.82) is 0 Å². The van der Waals surface area contributed by atoms with Gasteiger partial charge in [0.25, 0.3) is 0 Å². The van der Waals surface area contributed by atoms with Gasteiger partial charge in [-0.15, -0.1) is 0 Å². The molecule has 4 rings (SSSR count). The van der Waals surface area contributed by atoms with Crippen LogP contribution in [-0.4, -0.2) is 60.8 Å². The Morgan fingerprint density at radius 2 is 1.68 bits per heavy atom. The van der Waals surface area contributed by atoms with Gasteiger partial charge in [0.1, 0.15) is 0 Å². The van der Waals surface area contributed by atoms with E-state index in [0.29, 0.717) is 19.6 Å². The van der Waals surface area contributed by atoms with Crippen LogP contribution in [0.5, 0.6) is 0 Å². The summed E-state index contributed by atoms with van der Waals surface area (Å²) in [6, 6.07) is 18.6. The first-order valence-electron chi connectivity index (χ1n) is 10.9. The molecule has 0 amide bonds. The molecule has 10 heteroatoms. The van der Waals surface area contributed by atoms with Crippen molar-refractivity contribution < 1.29 is 36.2 Å². The predicted octanol–water partition coefficient (Wildman–Crippen LogP) is 3.83. The fraction of sp³-hybridized carbons (Fsp3) is 0.458. The Morgan fingerprint density at radius 1 is 1.06 bits per heavy atom. The Kier molecular flexibility index (Phi) is 8.38. The van der Waals surface area contributed by atoms with E-state index >= 15 is 0 Å². The maximum atomic E-state index is 12.6. The molecule has 2 saturated heterocycles. The molecular weight excluding hydrogens is 471 g/mol. The number of hydrogen-bond acceptors (Lipinski definition) is 5. The van der Waals surface area contributed by atoms with Crippen LogP contribution in [0.15, 0.2) is 54.6 Å². The van der Waals surface area contributed by atoms with Crippen molar-refractivity contribution in [3.05, 3.63) is 71.3 Å². The maximum absolute atomic E-state index is 12.6. The fourth-order valence-electron chi connectivity index (χ4n) is 4.33. The second kappa shape index (κ2) is 10.9. The summed E-state index contributed by atoms with van der Waals surface area (Å²) in [4.78, 5) is 11.2. The molecule has 2 aromatic carbocycles. The van der Waals surface area contributed by atoms with Gasteiger partial charge in [0, 0.05) is 25.6 Å². The Hall–Kier alpha value is -2.43. The molecule has 0 spiro atoms. The van der Waals surface area contributed by atoms with Crippen LogP contribution in [0, 0.1) is 12.8 Å². The highest BCUT2D eigenvalue weighted by atomic mass is 32.2. The SMILES string of the molecule is Cc1ccc(CN2CC3C(OCc4ccccc4)CCS(=O)(=O)C3C2)cc1.O=C(O)C(F)(F)F. The van der Waals surface area contributed by atoms with Crippen molar-refractivity contribution in [2.45, 2.75) is 44.0 Å². The number of sulfone groups is 1. The Morgan fingerprint density at radius 3 is 2.26 bits per heavy atom. The molecule has 0 aliphatic carbocycles. The van der Waals surface area contributed by atoms with E-state index in [1.165, 1.54) is 11.1 Å². The van der Waals surface area contributed by atoms with Gasteiger partial charge in [0.2, 0.25) is 0 Å². The van der Waals surface area contributed by atoms with Gasteiger partial charge < -0.3 is 9.84 Å². The van der Waals surface area contributed by atoms with Gasteiger partial charge in [-0.2, -0.15) is 13.2 Å². The lowest BCUT2D eigenvalue weighted by Crippen LogP contribution is -2.44. The standard InChI is InChI=1S/C22H27NO3S.C2HF3O2/c1-17-7-9-18(10-8-17)13-23-14-20-21(11-12-27(24,25)22(20)15-23)26-16-19-5-3-2-4-6-19;3-2(4,5)1(6)7/h2-10,20-22H,11-16H2,1H3;(H,6,7). The van der Waals surface area contributed by atoms with Crippen LogP contribution in [0.2, 0.25) is 0 Å². The minimum Gasteiger partial charge on any atom is -0.475 e. The highest BCUT2D eigenvalue weighted by Gasteiger charge is 2.48. The Balaban J connectivity index is 0.000000406. The van der Waals surface area contributed by atoms with Crippen LogP contribution in [0.4, 0.5) is 13.2 Å². The van der Waals surface area contributed by atoms with E-state index in [4.69, 9.17) is 14.6 Å². The molecule has 34 heavy (non-hydrogen) atoms. The van der Waals surface area contributed by atoms with Crippen molar-refractivity contribution in [2.75, 3.05) is 18.8 Å². The van der Waals surface area contributed by atoms with Crippen LogP contribution in [0.3, 0.4) is 0 Å². The van der Waals surface area contributed by atoms with E-state index in [9.17, 15) is 21.6 Å². The van der Waals surface area contributed by atoms with Crippen LogP contribution < -0.4 is 0 Å². The van der Waals surface area contributed by atoms with Gasteiger partial charge in [0.15, 0.2) is 9.84 Å². The summed E-state index contributed by atoms with van der Waals surface area (Å²) in [5.41, 5.74) is 3.61. The monoisotopic (exact) mass is 499 g/mol. The predicted molar refractivity (Wildman–Crippen MR) is 121 cm³/mol. The fourth-order valence-corrected chi connectivity index (χ4v) is 6.42. The Labute approximate surface area is 197 Å². The summed E-state index contributed by atoms with van der Waals surface area (Å²) in [5, 5.41) is 6.83. The molecule has 0 saturated carbocycles. The smallest absolute Gasteiger partial charge is 0.475 e. The molecule has 3 unspecified atom stereocenters. The Bertz CT molecular complexity index is 1060. The number of carboxylic acid groups (broad SMARTS) is 1. The normalized spacial score (nSPS) is 24.1. The number of carboxylic acids is 1. The largest absolute Gasteiger partial charge is 0.490 e. The first-order valence-corrected chi connectivity index (χ1v) is 12.6. The van der Waals surface area contributed by atoms with Crippen molar-refractivity contribution in [2.24, 2.45) is 5.92 Å². The molecule has 186 valence electrons. The summed E-state index contributed by atoms with van der Waals surface area (Å²) in [6.45, 7) is 4.83. The molecule has 3 atom stereocenters. The summed E-state index contributed by atoms with van der Waals surface area (Å²) in [7, 11) is -3.03. The van der Waals surface area contributed by atoms with Gasteiger partial charge in [-0.3, -0.25) is 4.90 Å². The number of aliphatic carboxylic acids is 1. The number of alkyl halides is 3. The molecule has 0 aromatic heterocycles. The van der Waals surface area contributed by atoms with Gasteiger partial charge in [0.05, 0.1) is 23.7 Å².